The first-order valence-electron chi connectivity index (χ1n) is 24.7. The number of hydrogen-bond donors (Lipinski definition) is 1. The maximum absolute atomic E-state index is 12.8. The maximum Gasteiger partial charge on any atom is 0.269 e. The lowest BCUT2D eigenvalue weighted by atomic mass is 10.1. The molecule has 0 aliphatic carbocycles. The van der Waals surface area contributed by atoms with Crippen molar-refractivity contribution in [2.45, 2.75) is 37.6 Å². The summed E-state index contributed by atoms with van der Waals surface area (Å²) in [6, 6.07) is 39.1. The summed E-state index contributed by atoms with van der Waals surface area (Å²) < 4.78 is 36.1. The zero-order valence-corrected chi connectivity index (χ0v) is 44.8. The molecule has 0 radical (unpaired) electrons. The van der Waals surface area contributed by atoms with Gasteiger partial charge in [0.15, 0.2) is 11.6 Å². The summed E-state index contributed by atoms with van der Waals surface area (Å²) in [4.78, 5) is 44.0. The maximum atomic E-state index is 12.8. The molecule has 76 heavy (non-hydrogen) atoms. The summed E-state index contributed by atoms with van der Waals surface area (Å²) in [6.45, 7) is 10.5. The molecule has 6 aromatic rings. The van der Waals surface area contributed by atoms with E-state index < -0.39 is 16.5 Å². The number of halogens is 4. The molecule has 0 saturated carbocycles. The van der Waals surface area contributed by atoms with Crippen molar-refractivity contribution in [1.82, 2.24) is 9.80 Å². The normalized spacial score (nSPS) is 21.4. The lowest BCUT2D eigenvalue weighted by molar-refractivity contribution is -0.384. The van der Waals surface area contributed by atoms with E-state index in [1.807, 2.05) is 73.3 Å². The van der Waals surface area contributed by atoms with Crippen LogP contribution in [-0.2, 0) is 30.5 Å². The van der Waals surface area contributed by atoms with Gasteiger partial charge in [0, 0.05) is 114 Å². The molecule has 0 aromatic heterocycles. The number of nitrogens with two attached hydrogens (primary N) is 1. The molecule has 2 N–H and O–H groups in total. The van der Waals surface area contributed by atoms with Gasteiger partial charge in [-0.1, -0.05) is 58.5 Å². The molecule has 398 valence electrons. The highest BCUT2D eigenvalue weighted by Gasteiger charge is 2.42. The number of amides is 2. The molecule has 4 aliphatic heterocycles. The van der Waals surface area contributed by atoms with Crippen LogP contribution in [-0.4, -0.2) is 118 Å². The van der Waals surface area contributed by atoms with Crippen molar-refractivity contribution in [3.05, 3.63) is 186 Å². The summed E-state index contributed by atoms with van der Waals surface area (Å²) in [5.41, 5.74) is 11.0. The average molecular weight is 1110 g/mol. The number of nitro benzene ring substituents is 1. The van der Waals surface area contributed by atoms with Crippen LogP contribution in [0.4, 0.5) is 22.7 Å². The van der Waals surface area contributed by atoms with Crippen molar-refractivity contribution in [1.29, 1.82) is 0 Å². The zero-order valence-electron chi connectivity index (χ0n) is 41.7. The number of hydrogen-bond acceptors (Lipinski definition) is 13. The van der Waals surface area contributed by atoms with Gasteiger partial charge in [0.05, 0.1) is 28.2 Å². The molecule has 4 saturated heterocycles. The summed E-state index contributed by atoms with van der Waals surface area (Å²) in [7, 11) is 0. The van der Waals surface area contributed by atoms with Gasteiger partial charge < -0.3 is 53.8 Å². The van der Waals surface area contributed by atoms with E-state index in [4.69, 9.17) is 80.6 Å². The molecule has 4 aliphatic rings. The first kappa shape index (κ1) is 54.4. The predicted octanol–water partition coefficient (Wildman–Crippen LogP) is 10.7. The Balaban J connectivity index is 0.000000186. The molecule has 4 fully saturated rings. The second-order valence-electron chi connectivity index (χ2n) is 18.8. The van der Waals surface area contributed by atoms with Crippen molar-refractivity contribution >= 4 is 81.0 Å². The van der Waals surface area contributed by atoms with Crippen molar-refractivity contribution < 1.29 is 42.9 Å². The van der Waals surface area contributed by atoms with Gasteiger partial charge in [0.25, 0.3) is 17.5 Å². The fourth-order valence-corrected chi connectivity index (χ4v) is 10.5. The Kier molecular flexibility index (Phi) is 17.1. The van der Waals surface area contributed by atoms with Crippen LogP contribution < -0.4 is 25.0 Å². The monoisotopic (exact) mass is 1110 g/mol. The fraction of sp³-hybridized carbons (Fsp3) is 0.321. The van der Waals surface area contributed by atoms with Crippen LogP contribution in [0.1, 0.15) is 45.7 Å². The van der Waals surface area contributed by atoms with Crippen molar-refractivity contribution in [2.75, 3.05) is 94.3 Å². The number of carbonyl (C=O) groups excluding carboxylic acids is 2. The standard InChI is InChI=1S/C28H27Cl2N3O6.C28H29Cl2N3O4/c1-28(25-11-4-20(29)16-26(25)30)38-18-24(39-28)17-37-23-9-7-21(8-10-23)31-12-14-32(15-13-31)27(34)19-2-5-22(6-3-19)33(35)36;1-28(25-11-4-20(29)16-26(25)30)36-18-24(37-28)17-35-23-9-7-22(8-10-23)32-12-14-33(15-13-32)27(34)19-2-5-21(31)6-3-19/h2-11,16,24H,12-15,17-18H2,1H3;2-11,16,24H,12-15,17-18,31H2,1H3/t2*24-,28+/m11/s1. The molecule has 4 atom stereocenters. The molecule has 6 aromatic carbocycles. The van der Waals surface area contributed by atoms with Crippen LogP contribution in [0.5, 0.6) is 11.5 Å². The summed E-state index contributed by atoms with van der Waals surface area (Å²) in [5.74, 6) is -0.537. The number of nitro groups is 1. The zero-order chi connectivity index (χ0) is 53.6. The largest absolute Gasteiger partial charge is 0.491 e. The Hall–Kier alpha value is -6.34. The smallest absolute Gasteiger partial charge is 0.269 e. The van der Waals surface area contributed by atoms with E-state index in [1.165, 1.54) is 24.3 Å². The quantitative estimate of drug-likeness (QED) is 0.0659. The first-order chi connectivity index (χ1) is 36.5. The molecule has 0 spiro atoms. The van der Waals surface area contributed by atoms with Crippen LogP contribution in [0.15, 0.2) is 133 Å². The van der Waals surface area contributed by atoms with E-state index in [9.17, 15) is 19.7 Å². The van der Waals surface area contributed by atoms with Crippen LogP contribution in [0, 0.1) is 10.1 Å². The molecule has 20 heteroatoms. The number of anilines is 3. The topological polar surface area (TPSA) is 172 Å². The van der Waals surface area contributed by atoms with Crippen LogP contribution in [0.3, 0.4) is 0 Å². The Morgan fingerprint density at radius 2 is 0.961 bits per heavy atom. The van der Waals surface area contributed by atoms with Gasteiger partial charge >= 0.3 is 0 Å². The number of carbonyl (C=O) groups is 2. The summed E-state index contributed by atoms with van der Waals surface area (Å²) >= 11 is 24.7. The Bertz CT molecular complexity index is 3000. The van der Waals surface area contributed by atoms with Gasteiger partial charge in [0.1, 0.15) is 36.9 Å². The number of benzene rings is 6. The van der Waals surface area contributed by atoms with Crippen molar-refractivity contribution in [2.24, 2.45) is 0 Å². The molecule has 4 heterocycles. The van der Waals surface area contributed by atoms with E-state index in [1.54, 1.807) is 59.5 Å². The molecule has 16 nitrogen and oxygen atoms in total. The lowest BCUT2D eigenvalue weighted by Gasteiger charge is -2.36. The van der Waals surface area contributed by atoms with Gasteiger partial charge in [-0.05, 0) is 123 Å². The van der Waals surface area contributed by atoms with E-state index >= 15 is 0 Å². The second-order valence-corrected chi connectivity index (χ2v) is 20.5. The average Bonchev–Trinajstić information content (AvgIpc) is 4.02. The minimum Gasteiger partial charge on any atom is -0.491 e. The minimum absolute atomic E-state index is 0.0331. The molecule has 2 amide bonds. The first-order valence-corrected chi connectivity index (χ1v) is 26.2. The van der Waals surface area contributed by atoms with E-state index in [0.717, 1.165) is 41.3 Å². The van der Waals surface area contributed by atoms with Gasteiger partial charge in [-0.3, -0.25) is 19.7 Å². The Morgan fingerprint density at radius 3 is 1.33 bits per heavy atom. The Morgan fingerprint density at radius 1 is 0.579 bits per heavy atom. The summed E-state index contributed by atoms with van der Waals surface area (Å²) in [6.07, 6.45) is -0.495. The highest BCUT2D eigenvalue weighted by Crippen LogP contribution is 2.40. The van der Waals surface area contributed by atoms with Crippen LogP contribution in [0.25, 0.3) is 0 Å². The molecule has 0 unspecified atom stereocenters. The fourth-order valence-electron chi connectivity index (χ4n) is 9.38. The SMILES string of the molecule is C[C@]1(c2ccc(Cl)cc2Cl)OC[C@@H](COc2ccc(N3CCN(C(=O)c4ccc(N)cc4)CC3)cc2)O1.C[C@]1(c2ccc(Cl)cc2Cl)OC[C@@H](COc2ccc(N3CCN(C(=O)c4ccc([N+](=O)[O-])cc4)CC3)cc2)O1. The number of non-ortho nitro benzene ring substituents is 1. The van der Waals surface area contributed by atoms with Gasteiger partial charge in [-0.2, -0.15) is 0 Å². The molecular formula is C56H56Cl4N6O10. The van der Waals surface area contributed by atoms with Gasteiger partial charge in [-0.25, -0.2) is 0 Å². The van der Waals surface area contributed by atoms with Crippen molar-refractivity contribution in [3.63, 3.8) is 0 Å². The third-order valence-corrected chi connectivity index (χ3v) is 14.7. The number of ether oxygens (including phenoxy) is 6. The van der Waals surface area contributed by atoms with E-state index in [0.29, 0.717) is 108 Å². The van der Waals surface area contributed by atoms with Gasteiger partial charge in [0.2, 0.25) is 0 Å². The van der Waals surface area contributed by atoms with Crippen LogP contribution >= 0.6 is 46.4 Å². The molecule has 0 bridgehead atoms. The number of nitrogens with zero attached hydrogens (tertiary/aromatic N) is 5. The number of piperazine rings is 2. The predicted molar refractivity (Wildman–Crippen MR) is 293 cm³/mol. The highest BCUT2D eigenvalue weighted by molar-refractivity contribution is 6.35. The van der Waals surface area contributed by atoms with E-state index in [2.05, 4.69) is 9.80 Å². The third-order valence-electron chi connectivity index (χ3n) is 13.6. The Labute approximate surface area is 460 Å². The highest BCUT2D eigenvalue weighted by atomic mass is 35.5. The number of nitrogen functional groups attached to an aromatic ring is 1. The molecular weight excluding hydrogens is 1060 g/mol. The van der Waals surface area contributed by atoms with E-state index in [-0.39, 0.29) is 29.7 Å². The number of rotatable bonds is 13. The lowest BCUT2D eigenvalue weighted by Crippen LogP contribution is -2.48. The molecule has 10 rings (SSSR count). The second kappa shape index (κ2) is 23.9. The summed E-state index contributed by atoms with van der Waals surface area (Å²) in [5, 5.41) is 12.9. The van der Waals surface area contributed by atoms with Crippen molar-refractivity contribution in [3.8, 4) is 11.5 Å². The third kappa shape index (κ3) is 13.1. The van der Waals surface area contributed by atoms with Crippen LogP contribution in [0.2, 0.25) is 20.1 Å². The van der Waals surface area contributed by atoms with Gasteiger partial charge in [-0.15, -0.1) is 0 Å². The minimum atomic E-state index is -0.971.